The van der Waals surface area contributed by atoms with Crippen LogP contribution in [0.3, 0.4) is 0 Å². The van der Waals surface area contributed by atoms with Gasteiger partial charge in [-0.15, -0.1) is 0 Å². The summed E-state index contributed by atoms with van der Waals surface area (Å²) in [6.07, 6.45) is 1.83. The van der Waals surface area contributed by atoms with E-state index in [1.165, 1.54) is 0 Å². The monoisotopic (exact) mass is 230 g/mol. The number of methoxy groups -OCH3 is 1. The van der Waals surface area contributed by atoms with E-state index in [0.29, 0.717) is 12.2 Å². The van der Waals surface area contributed by atoms with E-state index in [9.17, 15) is 0 Å². The molecule has 0 aromatic rings. The molecule has 0 spiro atoms. The molecule has 96 valence electrons. The van der Waals surface area contributed by atoms with Crippen molar-refractivity contribution in [3.63, 3.8) is 0 Å². The van der Waals surface area contributed by atoms with Gasteiger partial charge >= 0.3 is 0 Å². The second-order valence-electron chi connectivity index (χ2n) is 4.61. The number of rotatable bonds is 7. The molecule has 0 bridgehead atoms. The maximum Gasteiger partial charge on any atom is 0.0678 e. The van der Waals surface area contributed by atoms with Gasteiger partial charge in [0.25, 0.3) is 0 Å². The summed E-state index contributed by atoms with van der Waals surface area (Å²) in [6.45, 7) is 10.5. The fourth-order valence-corrected chi connectivity index (χ4v) is 2.17. The maximum atomic E-state index is 5.70. The van der Waals surface area contributed by atoms with Crippen LogP contribution in [-0.2, 0) is 9.47 Å². The highest BCUT2D eigenvalue weighted by atomic mass is 16.5. The molecule has 1 N–H and O–H groups in total. The molecule has 1 aliphatic heterocycles. The van der Waals surface area contributed by atoms with Gasteiger partial charge in [-0.1, -0.05) is 0 Å². The van der Waals surface area contributed by atoms with Gasteiger partial charge < -0.3 is 14.8 Å². The zero-order chi connectivity index (χ0) is 11.8. The molecule has 0 amide bonds. The second-order valence-corrected chi connectivity index (χ2v) is 4.61. The Labute approximate surface area is 99.3 Å². The second kappa shape index (κ2) is 8.01. The van der Waals surface area contributed by atoms with Crippen LogP contribution in [0.15, 0.2) is 0 Å². The third-order valence-corrected chi connectivity index (χ3v) is 2.80. The van der Waals surface area contributed by atoms with Crippen LogP contribution in [0.2, 0.25) is 0 Å². The smallest absolute Gasteiger partial charge is 0.0678 e. The van der Waals surface area contributed by atoms with Crippen LogP contribution < -0.4 is 5.32 Å². The SMILES string of the molecule is COCCCNCCN1CC(C)OC(C)C1. The number of hydrogen-bond acceptors (Lipinski definition) is 4. The van der Waals surface area contributed by atoms with Gasteiger partial charge in [-0.25, -0.2) is 0 Å². The summed E-state index contributed by atoms with van der Waals surface area (Å²) in [4.78, 5) is 2.47. The van der Waals surface area contributed by atoms with Gasteiger partial charge in [-0.05, 0) is 26.8 Å². The Bertz CT molecular complexity index is 168. The predicted molar refractivity (Wildman–Crippen MR) is 65.8 cm³/mol. The van der Waals surface area contributed by atoms with Crippen molar-refractivity contribution in [2.45, 2.75) is 32.5 Å². The number of morpholine rings is 1. The minimum atomic E-state index is 0.372. The first-order valence-electron chi connectivity index (χ1n) is 6.30. The van der Waals surface area contributed by atoms with Crippen molar-refractivity contribution in [2.75, 3.05) is 46.4 Å². The molecule has 4 nitrogen and oxygen atoms in total. The highest BCUT2D eigenvalue weighted by Gasteiger charge is 2.21. The van der Waals surface area contributed by atoms with Crippen molar-refractivity contribution in [1.29, 1.82) is 0 Å². The van der Waals surface area contributed by atoms with E-state index < -0.39 is 0 Å². The standard InChI is InChI=1S/C12H26N2O2/c1-11-9-14(10-12(2)16-11)7-6-13-5-4-8-15-3/h11-13H,4-10H2,1-3H3. The molecule has 2 atom stereocenters. The summed E-state index contributed by atoms with van der Waals surface area (Å²) in [7, 11) is 1.75. The third kappa shape index (κ3) is 5.80. The van der Waals surface area contributed by atoms with E-state index in [2.05, 4.69) is 24.1 Å². The summed E-state index contributed by atoms with van der Waals surface area (Å²) in [5, 5.41) is 3.43. The zero-order valence-electron chi connectivity index (χ0n) is 10.9. The van der Waals surface area contributed by atoms with E-state index in [0.717, 1.165) is 45.8 Å². The Kier molecular flexibility index (Phi) is 6.96. The van der Waals surface area contributed by atoms with Crippen LogP contribution in [0.4, 0.5) is 0 Å². The largest absolute Gasteiger partial charge is 0.385 e. The molecular formula is C12H26N2O2. The van der Waals surface area contributed by atoms with Crippen molar-refractivity contribution in [3.8, 4) is 0 Å². The van der Waals surface area contributed by atoms with Gasteiger partial charge in [-0.3, -0.25) is 4.90 Å². The third-order valence-electron chi connectivity index (χ3n) is 2.80. The average Bonchev–Trinajstić information content (AvgIpc) is 2.22. The number of ether oxygens (including phenoxy) is 2. The quantitative estimate of drug-likeness (QED) is 0.654. The fraction of sp³-hybridized carbons (Fsp3) is 1.00. The summed E-state index contributed by atoms with van der Waals surface area (Å²) >= 11 is 0. The van der Waals surface area contributed by atoms with Crippen LogP contribution in [-0.4, -0.2) is 63.5 Å². The minimum Gasteiger partial charge on any atom is -0.385 e. The van der Waals surface area contributed by atoms with E-state index in [-0.39, 0.29) is 0 Å². The van der Waals surface area contributed by atoms with Crippen molar-refractivity contribution >= 4 is 0 Å². The Morgan fingerprint density at radius 2 is 1.94 bits per heavy atom. The lowest BCUT2D eigenvalue weighted by molar-refractivity contribution is -0.0674. The number of hydrogen-bond donors (Lipinski definition) is 1. The highest BCUT2D eigenvalue weighted by Crippen LogP contribution is 2.09. The summed E-state index contributed by atoms with van der Waals surface area (Å²) in [5.41, 5.74) is 0. The summed E-state index contributed by atoms with van der Waals surface area (Å²) < 4.78 is 10.7. The Morgan fingerprint density at radius 3 is 2.56 bits per heavy atom. The minimum absolute atomic E-state index is 0.372. The predicted octanol–water partition coefficient (Wildman–Crippen LogP) is 0.722. The average molecular weight is 230 g/mol. The van der Waals surface area contributed by atoms with Gasteiger partial charge in [0.05, 0.1) is 12.2 Å². The number of nitrogens with one attached hydrogen (secondary N) is 1. The van der Waals surface area contributed by atoms with Gasteiger partial charge in [0.15, 0.2) is 0 Å². The van der Waals surface area contributed by atoms with E-state index in [1.54, 1.807) is 7.11 Å². The van der Waals surface area contributed by atoms with Crippen LogP contribution in [0.1, 0.15) is 20.3 Å². The normalized spacial score (nSPS) is 27.2. The molecular weight excluding hydrogens is 204 g/mol. The molecule has 1 heterocycles. The van der Waals surface area contributed by atoms with E-state index in [4.69, 9.17) is 9.47 Å². The van der Waals surface area contributed by atoms with Crippen LogP contribution >= 0.6 is 0 Å². The molecule has 1 rings (SSSR count). The molecule has 0 aromatic carbocycles. The molecule has 16 heavy (non-hydrogen) atoms. The van der Waals surface area contributed by atoms with Crippen LogP contribution in [0, 0.1) is 0 Å². The van der Waals surface area contributed by atoms with Gasteiger partial charge in [0.2, 0.25) is 0 Å². The zero-order valence-corrected chi connectivity index (χ0v) is 10.9. The van der Waals surface area contributed by atoms with Gasteiger partial charge in [0.1, 0.15) is 0 Å². The van der Waals surface area contributed by atoms with Gasteiger partial charge in [0, 0.05) is 39.9 Å². The van der Waals surface area contributed by atoms with Crippen molar-refractivity contribution in [1.82, 2.24) is 10.2 Å². The maximum absolute atomic E-state index is 5.70. The lowest BCUT2D eigenvalue weighted by Gasteiger charge is -2.35. The summed E-state index contributed by atoms with van der Waals surface area (Å²) in [6, 6.07) is 0. The van der Waals surface area contributed by atoms with Crippen molar-refractivity contribution in [2.24, 2.45) is 0 Å². The first kappa shape index (κ1) is 13.9. The van der Waals surface area contributed by atoms with E-state index in [1.807, 2.05) is 0 Å². The van der Waals surface area contributed by atoms with Gasteiger partial charge in [-0.2, -0.15) is 0 Å². The molecule has 1 aliphatic rings. The van der Waals surface area contributed by atoms with Crippen LogP contribution in [0.5, 0.6) is 0 Å². The molecule has 1 saturated heterocycles. The lowest BCUT2D eigenvalue weighted by atomic mass is 10.2. The molecule has 2 unspecified atom stereocenters. The van der Waals surface area contributed by atoms with Crippen LogP contribution in [0.25, 0.3) is 0 Å². The molecule has 0 aliphatic carbocycles. The lowest BCUT2D eigenvalue weighted by Crippen LogP contribution is -2.47. The first-order valence-corrected chi connectivity index (χ1v) is 6.30. The number of nitrogens with zero attached hydrogens (tertiary/aromatic N) is 1. The molecule has 0 aromatic heterocycles. The van der Waals surface area contributed by atoms with E-state index >= 15 is 0 Å². The topological polar surface area (TPSA) is 33.7 Å². The molecule has 0 radical (unpaired) electrons. The van der Waals surface area contributed by atoms with Crippen molar-refractivity contribution in [3.05, 3.63) is 0 Å². The Balaban J connectivity index is 1.99. The highest BCUT2D eigenvalue weighted by molar-refractivity contribution is 4.73. The summed E-state index contributed by atoms with van der Waals surface area (Å²) in [5.74, 6) is 0. The Morgan fingerprint density at radius 1 is 1.25 bits per heavy atom. The first-order chi connectivity index (χ1) is 7.72. The fourth-order valence-electron chi connectivity index (χ4n) is 2.17. The molecule has 4 heteroatoms. The molecule has 1 fully saturated rings. The Hall–Kier alpha value is -0.160. The van der Waals surface area contributed by atoms with Crippen molar-refractivity contribution < 1.29 is 9.47 Å². The molecule has 0 saturated carbocycles.